The molecule has 0 saturated heterocycles. The molecular weight excluding hydrogens is 166 g/mol. The highest BCUT2D eigenvalue weighted by Gasteiger charge is 2.04. The van der Waals surface area contributed by atoms with Gasteiger partial charge in [-0.2, -0.15) is 9.97 Å². The van der Waals surface area contributed by atoms with E-state index in [1.54, 1.807) is 0 Å². The molecule has 2 rings (SSSR count). The van der Waals surface area contributed by atoms with Gasteiger partial charge in [0.15, 0.2) is 11.5 Å². The third-order valence-electron chi connectivity index (χ3n) is 1.26. The fraction of sp³-hybridized carbons (Fsp3) is 0. The second kappa shape index (κ2) is 2.06. The molecule has 0 bridgehead atoms. The van der Waals surface area contributed by atoms with Crippen molar-refractivity contribution < 1.29 is 0 Å². The van der Waals surface area contributed by atoms with Gasteiger partial charge in [0.05, 0.1) is 6.33 Å². The Hall–Kier alpha value is -1.36. The Bertz CT molecular complexity index is 395. The first kappa shape index (κ1) is 6.36. The number of rotatable bonds is 0. The minimum absolute atomic E-state index is 0.0506. The van der Waals surface area contributed by atoms with Crippen LogP contribution in [0, 0.1) is 0 Å². The zero-order chi connectivity index (χ0) is 7.84. The van der Waals surface area contributed by atoms with Crippen molar-refractivity contribution in [3.05, 3.63) is 11.6 Å². The van der Waals surface area contributed by atoms with Gasteiger partial charge in [0, 0.05) is 0 Å². The SMILES string of the molecule is [NH]c1nc(Cl)nc2nc[nH]c12. The van der Waals surface area contributed by atoms with E-state index in [2.05, 4.69) is 19.9 Å². The van der Waals surface area contributed by atoms with Crippen molar-refractivity contribution in [2.75, 3.05) is 0 Å². The minimum Gasteiger partial charge on any atom is -0.340 e. The van der Waals surface area contributed by atoms with Crippen LogP contribution in [0.15, 0.2) is 6.33 Å². The summed E-state index contributed by atoms with van der Waals surface area (Å²) in [6.45, 7) is 0. The number of H-pyrrole nitrogens is 1. The van der Waals surface area contributed by atoms with Gasteiger partial charge in [0.25, 0.3) is 0 Å². The molecular formula is C5H3ClN5. The van der Waals surface area contributed by atoms with Crippen LogP contribution >= 0.6 is 11.6 Å². The van der Waals surface area contributed by atoms with Crippen molar-refractivity contribution >= 4 is 28.6 Å². The van der Waals surface area contributed by atoms with E-state index >= 15 is 0 Å². The Labute approximate surface area is 66.6 Å². The van der Waals surface area contributed by atoms with Crippen LogP contribution in [0.4, 0.5) is 5.82 Å². The number of aromatic nitrogens is 4. The predicted molar refractivity (Wildman–Crippen MR) is 39.5 cm³/mol. The molecule has 2 aromatic rings. The third-order valence-corrected chi connectivity index (χ3v) is 1.43. The summed E-state index contributed by atoms with van der Waals surface area (Å²) in [5.41, 5.74) is 8.25. The number of hydrogen-bond acceptors (Lipinski definition) is 3. The lowest BCUT2D eigenvalue weighted by molar-refractivity contribution is 1.17. The van der Waals surface area contributed by atoms with E-state index in [-0.39, 0.29) is 11.1 Å². The standard InChI is InChI=1S/C5H3ClN5/c6-5-10-3(7)2-4(11-5)9-1-8-2/h1,7H,(H,8,9,10,11). The van der Waals surface area contributed by atoms with Crippen molar-refractivity contribution in [2.24, 2.45) is 0 Å². The highest BCUT2D eigenvalue weighted by molar-refractivity contribution is 6.28. The van der Waals surface area contributed by atoms with Crippen molar-refractivity contribution in [1.82, 2.24) is 25.7 Å². The van der Waals surface area contributed by atoms with Gasteiger partial charge in [0.1, 0.15) is 5.52 Å². The highest BCUT2D eigenvalue weighted by atomic mass is 35.5. The maximum absolute atomic E-state index is 7.31. The molecule has 2 aromatic heterocycles. The number of hydrogen-bond donors (Lipinski definition) is 1. The average Bonchev–Trinajstić information content (AvgIpc) is 2.34. The van der Waals surface area contributed by atoms with Crippen LogP contribution in [0.25, 0.3) is 11.2 Å². The molecule has 0 fully saturated rings. The maximum Gasteiger partial charge on any atom is 0.226 e. The Kier molecular flexibility index (Phi) is 1.19. The van der Waals surface area contributed by atoms with Crippen LogP contribution in [-0.4, -0.2) is 19.9 Å². The van der Waals surface area contributed by atoms with Crippen molar-refractivity contribution in [2.45, 2.75) is 0 Å². The molecule has 6 heteroatoms. The van der Waals surface area contributed by atoms with E-state index in [1.807, 2.05) is 0 Å². The third kappa shape index (κ3) is 0.894. The molecule has 2 heterocycles. The number of halogens is 1. The number of fused-ring (bicyclic) bond motifs is 1. The van der Waals surface area contributed by atoms with Crippen LogP contribution in [0.2, 0.25) is 5.28 Å². The van der Waals surface area contributed by atoms with Gasteiger partial charge >= 0.3 is 0 Å². The van der Waals surface area contributed by atoms with Gasteiger partial charge in [-0.1, -0.05) is 0 Å². The largest absolute Gasteiger partial charge is 0.340 e. The van der Waals surface area contributed by atoms with Gasteiger partial charge in [-0.05, 0) is 11.6 Å². The zero-order valence-electron chi connectivity index (χ0n) is 5.30. The Morgan fingerprint density at radius 3 is 3.09 bits per heavy atom. The fourth-order valence-corrected chi connectivity index (χ4v) is 0.971. The van der Waals surface area contributed by atoms with Crippen LogP contribution in [0.5, 0.6) is 0 Å². The molecule has 0 aromatic carbocycles. The fourth-order valence-electron chi connectivity index (χ4n) is 0.807. The summed E-state index contributed by atoms with van der Waals surface area (Å²) in [6.07, 6.45) is 1.45. The Morgan fingerprint density at radius 2 is 2.27 bits per heavy atom. The Balaban J connectivity index is 2.91. The second-order valence-corrected chi connectivity index (χ2v) is 2.28. The first-order chi connectivity index (χ1) is 5.27. The molecule has 55 valence electrons. The highest BCUT2D eigenvalue weighted by Crippen LogP contribution is 2.15. The maximum atomic E-state index is 7.31. The van der Waals surface area contributed by atoms with Crippen molar-refractivity contribution in [3.63, 3.8) is 0 Å². The van der Waals surface area contributed by atoms with E-state index in [1.165, 1.54) is 6.33 Å². The summed E-state index contributed by atoms with van der Waals surface area (Å²) in [7, 11) is 0. The number of nitrogens with one attached hydrogen (secondary N) is 2. The monoisotopic (exact) mass is 168 g/mol. The van der Waals surface area contributed by atoms with Crippen LogP contribution in [-0.2, 0) is 0 Å². The molecule has 0 aliphatic rings. The normalized spacial score (nSPS) is 10.6. The molecule has 0 unspecified atom stereocenters. The molecule has 0 amide bonds. The van der Waals surface area contributed by atoms with Gasteiger partial charge in [0.2, 0.25) is 5.28 Å². The molecule has 11 heavy (non-hydrogen) atoms. The topological polar surface area (TPSA) is 78.3 Å². The lowest BCUT2D eigenvalue weighted by Crippen LogP contribution is -1.86. The van der Waals surface area contributed by atoms with Crippen molar-refractivity contribution in [1.29, 1.82) is 0 Å². The van der Waals surface area contributed by atoms with Crippen molar-refractivity contribution in [3.8, 4) is 0 Å². The molecule has 0 saturated carbocycles. The second-order valence-electron chi connectivity index (χ2n) is 1.94. The summed E-state index contributed by atoms with van der Waals surface area (Å²) in [6, 6.07) is 0. The minimum atomic E-state index is 0.0506. The van der Waals surface area contributed by atoms with Crippen LogP contribution in [0.1, 0.15) is 0 Å². The van der Waals surface area contributed by atoms with Gasteiger partial charge in [-0.25, -0.2) is 4.98 Å². The quantitative estimate of drug-likeness (QED) is 0.594. The molecule has 0 aliphatic carbocycles. The smallest absolute Gasteiger partial charge is 0.226 e. The Morgan fingerprint density at radius 1 is 1.45 bits per heavy atom. The first-order valence-electron chi connectivity index (χ1n) is 2.85. The van der Waals surface area contributed by atoms with Gasteiger partial charge in [-0.3, -0.25) is 5.73 Å². The molecule has 1 radical (unpaired) electrons. The van der Waals surface area contributed by atoms with Gasteiger partial charge < -0.3 is 4.98 Å². The van der Waals surface area contributed by atoms with E-state index in [0.717, 1.165) is 0 Å². The summed E-state index contributed by atoms with van der Waals surface area (Å²) >= 11 is 5.48. The van der Waals surface area contributed by atoms with Gasteiger partial charge in [-0.15, -0.1) is 0 Å². The van der Waals surface area contributed by atoms with E-state index < -0.39 is 0 Å². The van der Waals surface area contributed by atoms with Crippen LogP contribution in [0.3, 0.4) is 0 Å². The molecule has 2 N–H and O–H groups in total. The number of imidazole rings is 1. The van der Waals surface area contributed by atoms with E-state index in [0.29, 0.717) is 11.2 Å². The summed E-state index contributed by atoms with van der Waals surface area (Å²) in [5, 5.41) is 0.0506. The summed E-state index contributed by atoms with van der Waals surface area (Å²) < 4.78 is 0. The van der Waals surface area contributed by atoms with E-state index in [4.69, 9.17) is 17.3 Å². The lowest BCUT2D eigenvalue weighted by Gasteiger charge is -1.91. The van der Waals surface area contributed by atoms with Crippen LogP contribution < -0.4 is 5.73 Å². The number of nitrogens with zero attached hydrogens (tertiary/aromatic N) is 3. The molecule has 0 atom stereocenters. The lowest BCUT2D eigenvalue weighted by atomic mass is 10.5. The average molecular weight is 169 g/mol. The summed E-state index contributed by atoms with van der Waals surface area (Å²) in [5.74, 6) is 0.0671. The van der Waals surface area contributed by atoms with E-state index in [9.17, 15) is 0 Å². The zero-order valence-corrected chi connectivity index (χ0v) is 6.05. The first-order valence-corrected chi connectivity index (χ1v) is 3.23. The summed E-state index contributed by atoms with van der Waals surface area (Å²) in [4.78, 5) is 14.0. The predicted octanol–water partition coefficient (Wildman–Crippen LogP) is 0.921. The molecule has 0 aliphatic heterocycles. The molecule has 5 nitrogen and oxygen atoms in total. The number of aromatic amines is 1. The molecule has 0 spiro atoms.